The van der Waals surface area contributed by atoms with Crippen molar-refractivity contribution in [1.29, 1.82) is 0 Å². The highest BCUT2D eigenvalue weighted by Gasteiger charge is 2.27. The average Bonchev–Trinajstić information content (AvgIpc) is 2.28. The van der Waals surface area contributed by atoms with Crippen LogP contribution in [0, 0.1) is 5.92 Å². The lowest BCUT2D eigenvalue weighted by Gasteiger charge is -2.36. The van der Waals surface area contributed by atoms with E-state index in [9.17, 15) is 4.79 Å². The number of rotatable bonds is 1. The highest BCUT2D eigenvalue weighted by atomic mass is 79.9. The molecule has 4 heteroatoms. The Morgan fingerprint density at radius 2 is 2.29 bits per heavy atom. The summed E-state index contributed by atoms with van der Waals surface area (Å²) in [5, 5.41) is 0. The number of hydrogen-bond donors (Lipinski definition) is 0. The van der Waals surface area contributed by atoms with Crippen molar-refractivity contribution < 1.29 is 4.79 Å². The fourth-order valence-electron chi connectivity index (χ4n) is 2.41. The third-order valence-corrected chi connectivity index (χ3v) is 3.81. The van der Waals surface area contributed by atoms with Gasteiger partial charge in [0.15, 0.2) is 0 Å². The number of piperidine rings is 1. The quantitative estimate of drug-likeness (QED) is 0.746. The minimum atomic E-state index is 0.118. The molecule has 2 rings (SSSR count). The summed E-state index contributed by atoms with van der Waals surface area (Å²) >= 11 is 3.30. The van der Waals surface area contributed by atoms with Gasteiger partial charge in [0, 0.05) is 24.3 Å². The third kappa shape index (κ3) is 2.86. The van der Waals surface area contributed by atoms with Crippen LogP contribution in [0.4, 0.5) is 0 Å². The molecule has 92 valence electrons. The molecule has 2 atom stereocenters. The van der Waals surface area contributed by atoms with Crippen molar-refractivity contribution in [2.24, 2.45) is 5.92 Å². The van der Waals surface area contributed by atoms with Crippen LogP contribution in [-0.4, -0.2) is 28.4 Å². The number of nitrogens with zero attached hydrogens (tertiary/aromatic N) is 2. The Bertz CT molecular complexity index is 422. The summed E-state index contributed by atoms with van der Waals surface area (Å²) in [5.41, 5.74) is 0.716. The van der Waals surface area contributed by atoms with Crippen LogP contribution in [-0.2, 0) is 0 Å². The second-order valence-corrected chi connectivity index (χ2v) is 5.66. The Balaban J connectivity index is 2.15. The minimum absolute atomic E-state index is 0.118. The number of aromatic nitrogens is 1. The molecule has 0 spiro atoms. The molecule has 2 heterocycles. The van der Waals surface area contributed by atoms with Crippen LogP contribution in [0.2, 0.25) is 0 Å². The summed E-state index contributed by atoms with van der Waals surface area (Å²) < 4.78 is 0.710. The van der Waals surface area contributed by atoms with Gasteiger partial charge in [0.05, 0.1) is 0 Å². The maximum atomic E-state index is 12.3. The SMILES string of the molecule is CC1CCN(C(=O)c2ccnc(Br)c2)C(C)C1. The molecule has 1 aromatic rings. The van der Waals surface area contributed by atoms with Gasteiger partial charge in [0.1, 0.15) is 4.60 Å². The highest BCUT2D eigenvalue weighted by molar-refractivity contribution is 9.10. The molecule has 1 saturated heterocycles. The van der Waals surface area contributed by atoms with E-state index in [0.29, 0.717) is 16.2 Å². The fraction of sp³-hybridized carbons (Fsp3) is 0.538. The number of hydrogen-bond acceptors (Lipinski definition) is 2. The number of carbonyl (C=O) groups excluding carboxylic acids is 1. The van der Waals surface area contributed by atoms with Gasteiger partial charge in [0.25, 0.3) is 5.91 Å². The van der Waals surface area contributed by atoms with Gasteiger partial charge in [-0.1, -0.05) is 6.92 Å². The van der Waals surface area contributed by atoms with Gasteiger partial charge in [-0.2, -0.15) is 0 Å². The Hall–Kier alpha value is -0.900. The van der Waals surface area contributed by atoms with Crippen LogP contribution >= 0.6 is 15.9 Å². The van der Waals surface area contributed by atoms with E-state index < -0.39 is 0 Å². The zero-order chi connectivity index (χ0) is 12.4. The van der Waals surface area contributed by atoms with Crippen LogP contribution in [0.5, 0.6) is 0 Å². The van der Waals surface area contributed by atoms with E-state index in [0.717, 1.165) is 25.3 Å². The summed E-state index contributed by atoms with van der Waals surface area (Å²) in [4.78, 5) is 18.4. The van der Waals surface area contributed by atoms with Gasteiger partial charge in [0.2, 0.25) is 0 Å². The van der Waals surface area contributed by atoms with Crippen molar-refractivity contribution in [2.45, 2.75) is 32.7 Å². The summed E-state index contributed by atoms with van der Waals surface area (Å²) in [6, 6.07) is 3.89. The van der Waals surface area contributed by atoms with Crippen molar-refractivity contribution in [1.82, 2.24) is 9.88 Å². The van der Waals surface area contributed by atoms with E-state index in [1.165, 1.54) is 0 Å². The van der Waals surface area contributed by atoms with Crippen LogP contribution < -0.4 is 0 Å². The largest absolute Gasteiger partial charge is 0.336 e. The van der Waals surface area contributed by atoms with Crippen molar-refractivity contribution in [3.63, 3.8) is 0 Å². The normalized spacial score (nSPS) is 24.8. The molecule has 1 fully saturated rings. The molecular formula is C13H17BrN2O. The van der Waals surface area contributed by atoms with Crippen molar-refractivity contribution in [3.8, 4) is 0 Å². The van der Waals surface area contributed by atoms with Crippen molar-refractivity contribution in [3.05, 3.63) is 28.5 Å². The Kier molecular flexibility index (Phi) is 3.82. The first kappa shape index (κ1) is 12.6. The average molecular weight is 297 g/mol. The Morgan fingerprint density at radius 1 is 1.53 bits per heavy atom. The summed E-state index contributed by atoms with van der Waals surface area (Å²) in [5.74, 6) is 0.839. The van der Waals surface area contributed by atoms with E-state index in [2.05, 4.69) is 34.8 Å². The van der Waals surface area contributed by atoms with Gasteiger partial charge in [-0.15, -0.1) is 0 Å². The predicted molar refractivity (Wildman–Crippen MR) is 70.8 cm³/mol. The molecular weight excluding hydrogens is 280 g/mol. The lowest BCUT2D eigenvalue weighted by atomic mass is 9.93. The highest BCUT2D eigenvalue weighted by Crippen LogP contribution is 2.24. The molecule has 17 heavy (non-hydrogen) atoms. The predicted octanol–water partition coefficient (Wildman–Crippen LogP) is 3.10. The smallest absolute Gasteiger partial charge is 0.254 e. The Morgan fingerprint density at radius 3 is 2.94 bits per heavy atom. The zero-order valence-electron chi connectivity index (χ0n) is 10.2. The second kappa shape index (κ2) is 5.17. The number of carbonyl (C=O) groups is 1. The monoisotopic (exact) mass is 296 g/mol. The lowest BCUT2D eigenvalue weighted by molar-refractivity contribution is 0.0588. The van der Waals surface area contributed by atoms with Crippen LogP contribution in [0.25, 0.3) is 0 Å². The summed E-state index contributed by atoms with van der Waals surface area (Å²) in [6.07, 6.45) is 3.86. The maximum Gasteiger partial charge on any atom is 0.254 e. The molecule has 3 nitrogen and oxygen atoms in total. The Labute approximate surface area is 110 Å². The van der Waals surface area contributed by atoms with E-state index in [4.69, 9.17) is 0 Å². The van der Waals surface area contributed by atoms with Crippen molar-refractivity contribution >= 4 is 21.8 Å². The maximum absolute atomic E-state index is 12.3. The topological polar surface area (TPSA) is 33.2 Å². The van der Waals surface area contributed by atoms with E-state index in [-0.39, 0.29) is 5.91 Å². The molecule has 0 radical (unpaired) electrons. The van der Waals surface area contributed by atoms with Gasteiger partial charge >= 0.3 is 0 Å². The molecule has 0 saturated carbocycles. The summed E-state index contributed by atoms with van der Waals surface area (Å²) in [6.45, 7) is 5.24. The molecule has 0 N–H and O–H groups in total. The van der Waals surface area contributed by atoms with Crippen LogP contribution in [0.3, 0.4) is 0 Å². The van der Waals surface area contributed by atoms with Gasteiger partial charge in [-0.05, 0) is 53.7 Å². The van der Waals surface area contributed by atoms with E-state index in [1.807, 2.05) is 4.90 Å². The molecule has 0 aliphatic carbocycles. The number of likely N-dealkylation sites (tertiary alicyclic amines) is 1. The van der Waals surface area contributed by atoms with E-state index >= 15 is 0 Å². The lowest BCUT2D eigenvalue weighted by Crippen LogP contribution is -2.44. The second-order valence-electron chi connectivity index (χ2n) is 4.84. The van der Waals surface area contributed by atoms with Crippen LogP contribution in [0.15, 0.2) is 22.9 Å². The first-order chi connectivity index (χ1) is 8.08. The number of halogens is 1. The van der Waals surface area contributed by atoms with Gasteiger partial charge in [-0.3, -0.25) is 4.79 Å². The fourth-order valence-corrected chi connectivity index (χ4v) is 2.78. The number of pyridine rings is 1. The van der Waals surface area contributed by atoms with E-state index in [1.54, 1.807) is 18.3 Å². The molecule has 1 aliphatic heterocycles. The molecule has 1 amide bonds. The molecule has 1 aliphatic rings. The van der Waals surface area contributed by atoms with Gasteiger partial charge < -0.3 is 4.90 Å². The molecule has 1 aromatic heterocycles. The third-order valence-electron chi connectivity index (χ3n) is 3.37. The van der Waals surface area contributed by atoms with Crippen molar-refractivity contribution in [2.75, 3.05) is 6.54 Å². The first-order valence-corrected chi connectivity index (χ1v) is 6.79. The molecule has 0 aromatic carbocycles. The van der Waals surface area contributed by atoms with Gasteiger partial charge in [-0.25, -0.2) is 4.98 Å². The molecule has 0 bridgehead atoms. The number of amides is 1. The first-order valence-electron chi connectivity index (χ1n) is 6.00. The summed E-state index contributed by atoms with van der Waals surface area (Å²) in [7, 11) is 0. The standard InChI is InChI=1S/C13H17BrN2O/c1-9-4-6-16(10(2)7-9)13(17)11-3-5-15-12(14)8-11/h3,5,8-10H,4,6-7H2,1-2H3. The minimum Gasteiger partial charge on any atom is -0.336 e. The van der Waals surface area contributed by atoms with Crippen LogP contribution in [0.1, 0.15) is 37.0 Å². The molecule has 2 unspecified atom stereocenters. The zero-order valence-corrected chi connectivity index (χ0v) is 11.8.